The van der Waals surface area contributed by atoms with Crippen molar-refractivity contribution in [3.8, 4) is 0 Å². The maximum absolute atomic E-state index is 5.64. The Morgan fingerprint density at radius 3 is 2.14 bits per heavy atom. The minimum absolute atomic E-state index is 0.571. The van der Waals surface area contributed by atoms with E-state index in [1.165, 1.54) is 5.56 Å². The smallest absolute Gasteiger partial charge is 0.190 e. The average molecular weight is 253 g/mol. The van der Waals surface area contributed by atoms with Crippen molar-refractivity contribution in [3.63, 3.8) is 0 Å². The zero-order valence-corrected chi connectivity index (χ0v) is 9.91. The highest BCUT2D eigenvalue weighted by Gasteiger charge is 2.18. The standard InChI is InChI=1S/C10H12Cl3N/c11-10(12,13)7-1-2-8-3-5-9(14)6-4-8/h3-6H,1-2,7,14H2. The molecule has 0 aliphatic heterocycles. The zero-order chi connectivity index (χ0) is 10.6. The van der Waals surface area contributed by atoms with Crippen LogP contribution < -0.4 is 5.73 Å². The van der Waals surface area contributed by atoms with Crippen LogP contribution in [0.5, 0.6) is 0 Å². The lowest BCUT2D eigenvalue weighted by Gasteiger charge is -2.09. The first-order valence-corrected chi connectivity index (χ1v) is 5.52. The van der Waals surface area contributed by atoms with Crippen LogP contribution in [0.1, 0.15) is 18.4 Å². The second kappa shape index (κ2) is 5.11. The van der Waals surface area contributed by atoms with Gasteiger partial charge < -0.3 is 5.73 Å². The molecule has 0 radical (unpaired) electrons. The third-order valence-electron chi connectivity index (χ3n) is 1.91. The summed E-state index contributed by atoms with van der Waals surface area (Å²) in [6.07, 6.45) is 2.34. The molecule has 0 aliphatic carbocycles. The molecule has 78 valence electrons. The minimum Gasteiger partial charge on any atom is -0.399 e. The van der Waals surface area contributed by atoms with E-state index in [-0.39, 0.29) is 0 Å². The van der Waals surface area contributed by atoms with Gasteiger partial charge in [0.15, 0.2) is 3.79 Å². The van der Waals surface area contributed by atoms with Crippen molar-refractivity contribution in [2.24, 2.45) is 0 Å². The van der Waals surface area contributed by atoms with E-state index in [1.807, 2.05) is 24.3 Å². The van der Waals surface area contributed by atoms with Crippen LogP contribution in [0.2, 0.25) is 0 Å². The van der Waals surface area contributed by atoms with E-state index in [0.717, 1.165) is 18.5 Å². The summed E-state index contributed by atoms with van der Waals surface area (Å²) in [7, 11) is 0. The van der Waals surface area contributed by atoms with Crippen LogP contribution >= 0.6 is 34.8 Å². The summed E-state index contributed by atoms with van der Waals surface area (Å²) >= 11 is 16.9. The molecule has 0 unspecified atom stereocenters. The number of nitrogen functional groups attached to an aromatic ring is 1. The van der Waals surface area contributed by atoms with Crippen LogP contribution in [0.4, 0.5) is 5.69 Å². The van der Waals surface area contributed by atoms with Gasteiger partial charge in [0.25, 0.3) is 0 Å². The summed E-state index contributed by atoms with van der Waals surface area (Å²) in [4.78, 5) is 0. The topological polar surface area (TPSA) is 26.0 Å². The van der Waals surface area contributed by atoms with Crippen LogP contribution in [-0.2, 0) is 6.42 Å². The molecule has 0 heterocycles. The number of nitrogens with two attached hydrogens (primary N) is 1. The number of benzene rings is 1. The number of halogens is 3. The van der Waals surface area contributed by atoms with Gasteiger partial charge in [-0.25, -0.2) is 0 Å². The fraction of sp³-hybridized carbons (Fsp3) is 0.400. The van der Waals surface area contributed by atoms with E-state index < -0.39 is 3.79 Å². The summed E-state index contributed by atoms with van der Waals surface area (Å²) in [6.45, 7) is 0. The van der Waals surface area contributed by atoms with Gasteiger partial charge >= 0.3 is 0 Å². The van der Waals surface area contributed by atoms with E-state index in [9.17, 15) is 0 Å². The fourth-order valence-corrected chi connectivity index (χ4v) is 1.58. The van der Waals surface area contributed by atoms with E-state index in [2.05, 4.69) is 0 Å². The van der Waals surface area contributed by atoms with Crippen molar-refractivity contribution in [1.82, 2.24) is 0 Å². The van der Waals surface area contributed by atoms with Gasteiger partial charge in [0.2, 0.25) is 0 Å². The van der Waals surface area contributed by atoms with E-state index in [1.54, 1.807) is 0 Å². The molecule has 0 aromatic heterocycles. The molecule has 1 nitrogen and oxygen atoms in total. The van der Waals surface area contributed by atoms with Gasteiger partial charge in [-0.1, -0.05) is 46.9 Å². The first-order chi connectivity index (χ1) is 6.47. The van der Waals surface area contributed by atoms with Crippen LogP contribution in [0, 0.1) is 0 Å². The van der Waals surface area contributed by atoms with Gasteiger partial charge in [0.05, 0.1) is 0 Å². The van der Waals surface area contributed by atoms with Gasteiger partial charge in [-0.3, -0.25) is 0 Å². The highest BCUT2D eigenvalue weighted by Crippen LogP contribution is 2.31. The minimum atomic E-state index is -1.13. The van der Waals surface area contributed by atoms with Gasteiger partial charge in [-0.05, 0) is 37.0 Å². The Kier molecular flexibility index (Phi) is 4.36. The molecule has 0 bridgehead atoms. The molecule has 0 spiro atoms. The van der Waals surface area contributed by atoms with Crippen molar-refractivity contribution >= 4 is 40.5 Å². The van der Waals surface area contributed by atoms with Crippen LogP contribution in [0.25, 0.3) is 0 Å². The quantitative estimate of drug-likeness (QED) is 0.639. The maximum Gasteiger partial charge on any atom is 0.190 e. The molecule has 1 aromatic carbocycles. The third-order valence-corrected chi connectivity index (χ3v) is 2.47. The van der Waals surface area contributed by atoms with Crippen LogP contribution in [-0.4, -0.2) is 3.79 Å². The van der Waals surface area contributed by atoms with Crippen molar-refractivity contribution < 1.29 is 0 Å². The second-order valence-corrected chi connectivity index (χ2v) is 5.73. The van der Waals surface area contributed by atoms with Crippen molar-refractivity contribution in [3.05, 3.63) is 29.8 Å². The van der Waals surface area contributed by atoms with Gasteiger partial charge in [0.1, 0.15) is 0 Å². The fourth-order valence-electron chi connectivity index (χ4n) is 1.18. The van der Waals surface area contributed by atoms with Crippen molar-refractivity contribution in [1.29, 1.82) is 0 Å². The molecule has 0 fully saturated rings. The van der Waals surface area contributed by atoms with Gasteiger partial charge in [-0.2, -0.15) is 0 Å². The summed E-state index contributed by atoms with van der Waals surface area (Å²) in [5, 5.41) is 0. The van der Waals surface area contributed by atoms with Gasteiger partial charge in [0, 0.05) is 5.69 Å². The number of alkyl halides is 3. The number of anilines is 1. The van der Waals surface area contributed by atoms with Crippen LogP contribution in [0.3, 0.4) is 0 Å². The second-order valence-electron chi connectivity index (χ2n) is 3.21. The lowest BCUT2D eigenvalue weighted by Crippen LogP contribution is -2.02. The molecule has 4 heteroatoms. The molecule has 0 aliphatic rings. The highest BCUT2D eigenvalue weighted by atomic mass is 35.6. The summed E-state index contributed by atoms with van der Waals surface area (Å²) in [6, 6.07) is 7.75. The molecule has 0 atom stereocenters. The van der Waals surface area contributed by atoms with Crippen molar-refractivity contribution in [2.45, 2.75) is 23.1 Å². The summed E-state index contributed by atoms with van der Waals surface area (Å²) in [5.41, 5.74) is 7.55. The monoisotopic (exact) mass is 251 g/mol. The largest absolute Gasteiger partial charge is 0.399 e. The Bertz CT molecular complexity index is 276. The first kappa shape index (κ1) is 12.0. The molecule has 0 saturated carbocycles. The molecule has 1 rings (SSSR count). The molecule has 0 saturated heterocycles. The molecular weight excluding hydrogens is 240 g/mol. The molecule has 0 amide bonds. The molecular formula is C10H12Cl3N. The maximum atomic E-state index is 5.64. The third kappa shape index (κ3) is 4.94. The number of hydrogen-bond donors (Lipinski definition) is 1. The molecule has 14 heavy (non-hydrogen) atoms. The molecule has 1 aromatic rings. The normalized spacial score (nSPS) is 11.6. The zero-order valence-electron chi connectivity index (χ0n) is 7.64. The SMILES string of the molecule is Nc1ccc(CCCC(Cl)(Cl)Cl)cc1. The first-order valence-electron chi connectivity index (χ1n) is 4.38. The molecule has 2 N–H and O–H groups in total. The number of hydrogen-bond acceptors (Lipinski definition) is 1. The van der Waals surface area contributed by atoms with E-state index >= 15 is 0 Å². The lowest BCUT2D eigenvalue weighted by molar-refractivity contribution is 0.752. The predicted octanol–water partition coefficient (Wildman–Crippen LogP) is 3.96. The Balaban J connectivity index is 2.35. The Morgan fingerprint density at radius 1 is 1.07 bits per heavy atom. The predicted molar refractivity (Wildman–Crippen MR) is 64.1 cm³/mol. The van der Waals surface area contributed by atoms with Crippen molar-refractivity contribution in [2.75, 3.05) is 5.73 Å². The number of rotatable bonds is 3. The number of aryl methyl sites for hydroxylation is 1. The Labute approximate surface area is 99.1 Å². The summed E-state index contributed by atoms with van der Waals surface area (Å²) in [5.74, 6) is 0. The highest BCUT2D eigenvalue weighted by molar-refractivity contribution is 6.67. The van der Waals surface area contributed by atoms with Gasteiger partial charge in [-0.15, -0.1) is 0 Å². The Morgan fingerprint density at radius 2 is 1.64 bits per heavy atom. The Hall–Kier alpha value is -0.110. The average Bonchev–Trinajstić information content (AvgIpc) is 2.06. The lowest BCUT2D eigenvalue weighted by atomic mass is 10.1. The van der Waals surface area contributed by atoms with E-state index in [0.29, 0.717) is 6.42 Å². The summed E-state index contributed by atoms with van der Waals surface area (Å²) < 4.78 is -1.13. The van der Waals surface area contributed by atoms with E-state index in [4.69, 9.17) is 40.5 Å². The van der Waals surface area contributed by atoms with Crippen LogP contribution in [0.15, 0.2) is 24.3 Å².